The van der Waals surface area contributed by atoms with Gasteiger partial charge in [0.25, 0.3) is 5.56 Å². The fraction of sp³-hybridized carbons (Fsp3) is 0.111. The number of rotatable bonds is 6. The number of benzene rings is 4. The maximum Gasteiger partial charge on any atom is 0.340 e. The zero-order valence-corrected chi connectivity index (χ0v) is 26.6. The number of imidazole rings is 1. The van der Waals surface area contributed by atoms with Crippen LogP contribution < -0.4 is 25.7 Å². The van der Waals surface area contributed by atoms with Crippen LogP contribution >= 0.6 is 12.2 Å². The minimum absolute atomic E-state index is 0.0136. The second-order valence-electron chi connectivity index (χ2n) is 11.6. The molecule has 4 heterocycles. The molecule has 8 rings (SSSR count). The number of thiocarbonyl (C=S) groups is 1. The lowest BCUT2D eigenvalue weighted by Gasteiger charge is -2.36. The van der Waals surface area contributed by atoms with Crippen LogP contribution in [0.3, 0.4) is 0 Å². The van der Waals surface area contributed by atoms with Crippen LogP contribution in [0.25, 0.3) is 17.1 Å². The van der Waals surface area contributed by atoms with E-state index >= 15 is 0 Å². The van der Waals surface area contributed by atoms with Crippen molar-refractivity contribution < 1.29 is 29.2 Å². The largest absolute Gasteiger partial charge is 0.508 e. The maximum atomic E-state index is 13.4. The lowest BCUT2D eigenvalue weighted by molar-refractivity contribution is 0.0224. The van der Waals surface area contributed by atoms with E-state index in [0.717, 1.165) is 11.3 Å². The Morgan fingerprint density at radius 2 is 1.65 bits per heavy atom. The quantitative estimate of drug-likeness (QED) is 0.0885. The third-order valence-electron chi connectivity index (χ3n) is 8.53. The molecule has 0 amide bonds. The van der Waals surface area contributed by atoms with Gasteiger partial charge in [0.1, 0.15) is 41.0 Å². The molecular weight excluding hydrogens is 646 g/mol. The van der Waals surface area contributed by atoms with Gasteiger partial charge in [-0.3, -0.25) is 9.36 Å². The van der Waals surface area contributed by atoms with Crippen LogP contribution in [0.4, 0.5) is 5.69 Å². The Hall–Kier alpha value is -6.34. The fourth-order valence-corrected chi connectivity index (χ4v) is 6.49. The molecule has 4 aromatic rings. The summed E-state index contributed by atoms with van der Waals surface area (Å²) in [6.45, 7) is 2.43. The summed E-state index contributed by atoms with van der Waals surface area (Å²) >= 11 is 5.50. The minimum Gasteiger partial charge on any atom is -0.508 e. The molecular formula is C36H27N5O7S. The van der Waals surface area contributed by atoms with Gasteiger partial charge in [0.15, 0.2) is 16.5 Å². The van der Waals surface area contributed by atoms with E-state index in [0.29, 0.717) is 75.0 Å². The molecule has 0 fully saturated rings. The van der Waals surface area contributed by atoms with E-state index in [1.807, 2.05) is 24.3 Å². The van der Waals surface area contributed by atoms with Crippen molar-refractivity contribution in [3.63, 3.8) is 0 Å². The molecule has 0 atom stereocenters. The van der Waals surface area contributed by atoms with E-state index in [1.165, 1.54) is 28.8 Å². The number of carbonyl (C=O) groups excluding carboxylic acids is 1. The number of nitrogens with zero attached hydrogens (tertiary/aromatic N) is 2. The van der Waals surface area contributed by atoms with Crippen molar-refractivity contribution in [2.75, 3.05) is 18.5 Å². The number of H-pyrrole nitrogens is 1. The molecule has 0 aliphatic carbocycles. The predicted molar refractivity (Wildman–Crippen MR) is 183 cm³/mol. The number of aryl methyl sites for hydroxylation is 1. The lowest BCUT2D eigenvalue weighted by Crippen LogP contribution is -2.33. The van der Waals surface area contributed by atoms with Crippen molar-refractivity contribution in [3.05, 3.63) is 130 Å². The highest BCUT2D eigenvalue weighted by molar-refractivity contribution is 7.80. The molecule has 0 saturated carbocycles. The monoisotopic (exact) mass is 673 g/mol. The molecule has 13 heteroatoms. The number of anilines is 1. The van der Waals surface area contributed by atoms with E-state index in [4.69, 9.17) is 26.4 Å². The standard InChI is InChI=1S/C36H27N5O7S/c1-19-33(44)41-18-29(38-17-32(41)39-19)20-2-7-24(8-3-20)46-13-12-37-35(49)40-21-4-9-26-25(14-21)34(45)48-36(26)27-10-5-22(42)15-30(27)47-31-16-23(43)6-11-28(31)36/h2-11,14-18,38,42-43H,12-13H2,1H3,(H2,37,40,49). The molecule has 0 bridgehead atoms. The summed E-state index contributed by atoms with van der Waals surface area (Å²) in [4.78, 5) is 33.1. The summed E-state index contributed by atoms with van der Waals surface area (Å²) in [7, 11) is 0. The minimum atomic E-state index is -1.34. The number of hydrogen-bond acceptors (Lipinski definition) is 9. The van der Waals surface area contributed by atoms with E-state index in [-0.39, 0.29) is 17.1 Å². The number of ether oxygens (including phenoxy) is 3. The van der Waals surface area contributed by atoms with Crippen molar-refractivity contribution in [1.29, 1.82) is 0 Å². The molecule has 0 saturated heterocycles. The number of nitrogens with one attached hydrogen (secondary N) is 3. The topological polar surface area (TPSA) is 160 Å². The molecule has 4 aliphatic rings. The summed E-state index contributed by atoms with van der Waals surface area (Å²) < 4.78 is 19.5. The Bertz CT molecular complexity index is 2280. The molecule has 12 nitrogen and oxygen atoms in total. The number of phenols is 2. The molecule has 4 aromatic carbocycles. The first-order chi connectivity index (χ1) is 23.7. The first-order valence-corrected chi connectivity index (χ1v) is 15.7. The van der Waals surface area contributed by atoms with Gasteiger partial charge in [0, 0.05) is 46.9 Å². The van der Waals surface area contributed by atoms with E-state index in [1.54, 1.807) is 49.6 Å². The average molecular weight is 674 g/mol. The summed E-state index contributed by atoms with van der Waals surface area (Å²) in [6.07, 6.45) is 3.43. The number of phenolic OH excluding ortho intramolecular Hbond substituents is 2. The number of hydrogen-bond donors (Lipinski definition) is 5. The molecule has 49 heavy (non-hydrogen) atoms. The number of aromatic hydroxyl groups is 2. The van der Waals surface area contributed by atoms with Crippen LogP contribution in [0.2, 0.25) is 0 Å². The Balaban J connectivity index is 0.925. The van der Waals surface area contributed by atoms with Crippen LogP contribution in [0.5, 0.6) is 28.7 Å². The first-order valence-electron chi connectivity index (χ1n) is 15.3. The maximum absolute atomic E-state index is 13.4. The molecule has 244 valence electrons. The summed E-state index contributed by atoms with van der Waals surface area (Å²) in [6, 6.07) is 22.0. The smallest absolute Gasteiger partial charge is 0.340 e. The predicted octanol–water partition coefficient (Wildman–Crippen LogP) is 5.32. The Morgan fingerprint density at radius 1 is 0.959 bits per heavy atom. The van der Waals surface area contributed by atoms with Crippen molar-refractivity contribution in [2.45, 2.75) is 12.5 Å². The third-order valence-corrected chi connectivity index (χ3v) is 8.77. The lowest BCUT2D eigenvalue weighted by atomic mass is 9.77. The molecule has 0 aromatic heterocycles. The van der Waals surface area contributed by atoms with Crippen LogP contribution in [0.1, 0.15) is 32.7 Å². The van der Waals surface area contributed by atoms with E-state index in [2.05, 4.69) is 20.6 Å². The van der Waals surface area contributed by atoms with Gasteiger partial charge in [0.05, 0.1) is 17.8 Å². The second-order valence-corrected chi connectivity index (χ2v) is 12.0. The molecule has 5 N–H and O–H groups in total. The number of aromatic amines is 1. The number of fused-ring (bicyclic) bond motifs is 7. The van der Waals surface area contributed by atoms with Crippen molar-refractivity contribution in [3.8, 4) is 45.8 Å². The van der Waals surface area contributed by atoms with Crippen LogP contribution in [0.15, 0.2) is 96.1 Å². The second kappa shape index (κ2) is 11.4. The third kappa shape index (κ3) is 5.07. The van der Waals surface area contributed by atoms with E-state index < -0.39 is 11.6 Å². The Labute approximate surface area is 283 Å². The first kappa shape index (κ1) is 30.0. The number of carbonyl (C=O) groups is 1. The SMILES string of the molecule is Cc1nc2c[nH]c(-c3ccc(OCCNC(=S)Nc4ccc5c(c4)C(=O)OC54c5ccc(O)cc5Oc5cc(O)ccc54)cc3)cn-2c1=O. The van der Waals surface area contributed by atoms with Crippen molar-refractivity contribution in [2.24, 2.45) is 0 Å². The van der Waals surface area contributed by atoms with Gasteiger partial charge in [-0.2, -0.15) is 0 Å². The van der Waals surface area contributed by atoms with Crippen LogP contribution in [-0.2, 0) is 10.3 Å². The van der Waals surface area contributed by atoms with Crippen LogP contribution in [0, 0.1) is 6.92 Å². The highest BCUT2D eigenvalue weighted by Gasteiger charge is 2.53. The molecule has 4 aliphatic heterocycles. The Morgan fingerprint density at radius 3 is 2.37 bits per heavy atom. The van der Waals surface area contributed by atoms with E-state index in [9.17, 15) is 19.8 Å². The van der Waals surface area contributed by atoms with Gasteiger partial charge in [-0.15, -0.1) is 0 Å². The number of esters is 1. The zero-order chi connectivity index (χ0) is 33.9. The van der Waals surface area contributed by atoms with Crippen molar-refractivity contribution >= 4 is 29.0 Å². The van der Waals surface area contributed by atoms with Gasteiger partial charge in [0.2, 0.25) is 0 Å². The van der Waals surface area contributed by atoms with Gasteiger partial charge in [-0.05, 0) is 85.4 Å². The molecule has 0 radical (unpaired) electrons. The fourth-order valence-electron chi connectivity index (χ4n) is 6.27. The molecule has 1 spiro atoms. The average Bonchev–Trinajstić information content (AvgIpc) is 3.54. The highest BCUT2D eigenvalue weighted by Crippen LogP contribution is 2.57. The highest BCUT2D eigenvalue weighted by atomic mass is 32.1. The normalized spacial score (nSPS) is 13.6. The summed E-state index contributed by atoms with van der Waals surface area (Å²) in [5.41, 5.74) is 3.22. The van der Waals surface area contributed by atoms with Crippen LogP contribution in [-0.4, -0.2) is 49.0 Å². The van der Waals surface area contributed by atoms with Crippen molar-refractivity contribution in [1.82, 2.24) is 19.9 Å². The van der Waals surface area contributed by atoms with Gasteiger partial charge < -0.3 is 40.0 Å². The number of aromatic nitrogens is 3. The Kier molecular flexibility index (Phi) is 7.00. The van der Waals surface area contributed by atoms with Gasteiger partial charge in [-0.1, -0.05) is 6.07 Å². The molecule has 0 unspecified atom stereocenters. The van der Waals surface area contributed by atoms with Gasteiger partial charge >= 0.3 is 5.97 Å². The van der Waals surface area contributed by atoms with Gasteiger partial charge in [-0.25, -0.2) is 9.78 Å². The zero-order valence-electron chi connectivity index (χ0n) is 25.8. The summed E-state index contributed by atoms with van der Waals surface area (Å²) in [5.74, 6) is 1.29. The summed E-state index contributed by atoms with van der Waals surface area (Å²) in [5, 5.41) is 26.8.